The lowest BCUT2D eigenvalue weighted by Crippen LogP contribution is -2.02. The molecule has 6 nitrogen and oxygen atoms in total. The normalized spacial score (nSPS) is 10.7. The highest BCUT2D eigenvalue weighted by Crippen LogP contribution is 2.09. The molecule has 2 rings (SSSR count). The first-order valence-electron chi connectivity index (χ1n) is 6.35. The van der Waals surface area contributed by atoms with Gasteiger partial charge >= 0.3 is 5.97 Å². The third-order valence-electron chi connectivity index (χ3n) is 2.77. The highest BCUT2D eigenvalue weighted by Gasteiger charge is 2.03. The standard InChI is InChI=1S/C13H15BrN4O2/c14-10-5-6-11(15-7-10)8-18-9-12(16-17-18)3-1-2-4-13(19)20/h5-7,9H,1-4,8H2,(H,19,20). The number of aromatic nitrogens is 4. The lowest BCUT2D eigenvalue weighted by atomic mass is 10.1. The van der Waals surface area contributed by atoms with Crippen molar-refractivity contribution in [3.05, 3.63) is 40.4 Å². The number of rotatable bonds is 7. The fourth-order valence-corrected chi connectivity index (χ4v) is 2.01. The van der Waals surface area contributed by atoms with Crippen LogP contribution in [0.3, 0.4) is 0 Å². The molecule has 0 aromatic carbocycles. The van der Waals surface area contributed by atoms with Crippen molar-refractivity contribution in [1.29, 1.82) is 0 Å². The molecule has 0 fully saturated rings. The van der Waals surface area contributed by atoms with E-state index in [1.807, 2.05) is 18.3 Å². The second-order valence-corrected chi connectivity index (χ2v) is 5.39. The largest absolute Gasteiger partial charge is 0.481 e. The molecule has 0 spiro atoms. The van der Waals surface area contributed by atoms with Crippen LogP contribution in [0.15, 0.2) is 29.0 Å². The summed E-state index contributed by atoms with van der Waals surface area (Å²) in [7, 11) is 0. The van der Waals surface area contributed by atoms with Crippen LogP contribution < -0.4 is 0 Å². The number of aryl methyl sites for hydroxylation is 1. The Kier molecular flexibility index (Phi) is 5.23. The van der Waals surface area contributed by atoms with Crippen molar-refractivity contribution in [2.45, 2.75) is 32.2 Å². The van der Waals surface area contributed by atoms with Gasteiger partial charge in [-0.2, -0.15) is 0 Å². The van der Waals surface area contributed by atoms with E-state index in [0.29, 0.717) is 13.0 Å². The van der Waals surface area contributed by atoms with Crippen LogP contribution in [0.4, 0.5) is 0 Å². The molecule has 0 aliphatic heterocycles. The van der Waals surface area contributed by atoms with Crippen LogP contribution in [0.1, 0.15) is 30.7 Å². The molecule has 2 aromatic rings. The predicted octanol–water partition coefficient (Wildman–Crippen LogP) is 2.28. The number of carboxylic acids is 1. The molecule has 0 saturated carbocycles. The van der Waals surface area contributed by atoms with Gasteiger partial charge in [-0.3, -0.25) is 9.78 Å². The van der Waals surface area contributed by atoms with Crippen LogP contribution in [0.25, 0.3) is 0 Å². The smallest absolute Gasteiger partial charge is 0.303 e. The van der Waals surface area contributed by atoms with Gasteiger partial charge in [0, 0.05) is 23.3 Å². The van der Waals surface area contributed by atoms with Crippen molar-refractivity contribution in [3.63, 3.8) is 0 Å². The Morgan fingerprint density at radius 3 is 2.85 bits per heavy atom. The summed E-state index contributed by atoms with van der Waals surface area (Å²) < 4.78 is 2.68. The van der Waals surface area contributed by atoms with Gasteiger partial charge in [-0.1, -0.05) is 5.21 Å². The number of hydrogen-bond donors (Lipinski definition) is 1. The van der Waals surface area contributed by atoms with Gasteiger partial charge in [-0.25, -0.2) is 4.68 Å². The minimum absolute atomic E-state index is 0.205. The maximum atomic E-state index is 10.4. The van der Waals surface area contributed by atoms with E-state index in [-0.39, 0.29) is 6.42 Å². The second kappa shape index (κ2) is 7.14. The minimum Gasteiger partial charge on any atom is -0.481 e. The molecule has 7 heteroatoms. The third kappa shape index (κ3) is 4.73. The molecule has 2 heterocycles. The van der Waals surface area contributed by atoms with Crippen molar-refractivity contribution in [3.8, 4) is 0 Å². The molecule has 0 bridgehead atoms. The highest BCUT2D eigenvalue weighted by atomic mass is 79.9. The Morgan fingerprint density at radius 1 is 1.30 bits per heavy atom. The summed E-state index contributed by atoms with van der Waals surface area (Å²) >= 11 is 3.34. The summed E-state index contributed by atoms with van der Waals surface area (Å²) in [4.78, 5) is 14.7. The third-order valence-corrected chi connectivity index (χ3v) is 3.24. The van der Waals surface area contributed by atoms with E-state index in [4.69, 9.17) is 5.11 Å². The molecule has 0 aliphatic carbocycles. The predicted molar refractivity (Wildman–Crippen MR) is 76.3 cm³/mol. The molecule has 20 heavy (non-hydrogen) atoms. The Labute approximate surface area is 125 Å². The first-order chi connectivity index (χ1) is 9.63. The fourth-order valence-electron chi connectivity index (χ4n) is 1.78. The summed E-state index contributed by atoms with van der Waals surface area (Å²) in [5.74, 6) is -0.755. The van der Waals surface area contributed by atoms with Crippen LogP contribution in [0, 0.1) is 0 Å². The maximum Gasteiger partial charge on any atom is 0.303 e. The summed E-state index contributed by atoms with van der Waals surface area (Å²) in [5.41, 5.74) is 1.79. The van der Waals surface area contributed by atoms with E-state index in [1.54, 1.807) is 10.9 Å². The van der Waals surface area contributed by atoms with Gasteiger partial charge in [0.05, 0.1) is 17.9 Å². The monoisotopic (exact) mass is 338 g/mol. The Bertz CT molecular complexity index is 568. The molecular formula is C13H15BrN4O2. The van der Waals surface area contributed by atoms with Gasteiger partial charge in [0.1, 0.15) is 0 Å². The van der Waals surface area contributed by atoms with E-state index in [1.165, 1.54) is 0 Å². The van der Waals surface area contributed by atoms with Gasteiger partial charge < -0.3 is 5.11 Å². The van der Waals surface area contributed by atoms with E-state index in [2.05, 4.69) is 31.2 Å². The lowest BCUT2D eigenvalue weighted by molar-refractivity contribution is -0.137. The minimum atomic E-state index is -0.755. The molecule has 1 N–H and O–H groups in total. The van der Waals surface area contributed by atoms with Crippen molar-refractivity contribution in [2.75, 3.05) is 0 Å². The van der Waals surface area contributed by atoms with Gasteiger partial charge in [-0.05, 0) is 47.3 Å². The number of carboxylic acid groups (broad SMARTS) is 1. The average Bonchev–Trinajstić information content (AvgIpc) is 2.85. The lowest BCUT2D eigenvalue weighted by Gasteiger charge is -1.99. The molecule has 2 aromatic heterocycles. The Morgan fingerprint density at radius 2 is 2.15 bits per heavy atom. The zero-order valence-electron chi connectivity index (χ0n) is 10.9. The number of pyridine rings is 1. The maximum absolute atomic E-state index is 10.4. The number of nitrogens with zero attached hydrogens (tertiary/aromatic N) is 4. The quantitative estimate of drug-likeness (QED) is 0.783. The van der Waals surface area contributed by atoms with E-state index >= 15 is 0 Å². The Balaban J connectivity index is 1.82. The van der Waals surface area contributed by atoms with Crippen LogP contribution in [0.5, 0.6) is 0 Å². The number of carbonyl (C=O) groups is 1. The zero-order valence-corrected chi connectivity index (χ0v) is 12.5. The molecule has 0 saturated heterocycles. The first kappa shape index (κ1) is 14.6. The number of halogens is 1. The van der Waals surface area contributed by atoms with E-state index in [0.717, 1.165) is 28.7 Å². The van der Waals surface area contributed by atoms with Crippen molar-refractivity contribution in [1.82, 2.24) is 20.0 Å². The van der Waals surface area contributed by atoms with Gasteiger partial charge in [0.2, 0.25) is 0 Å². The zero-order chi connectivity index (χ0) is 14.4. The number of hydrogen-bond acceptors (Lipinski definition) is 4. The number of unbranched alkanes of at least 4 members (excludes halogenated alkanes) is 1. The fraction of sp³-hybridized carbons (Fsp3) is 0.385. The highest BCUT2D eigenvalue weighted by molar-refractivity contribution is 9.10. The molecule has 0 amide bonds. The molecule has 0 aliphatic rings. The molecule has 106 valence electrons. The van der Waals surface area contributed by atoms with Crippen LogP contribution in [-0.2, 0) is 17.8 Å². The van der Waals surface area contributed by atoms with E-state index < -0.39 is 5.97 Å². The van der Waals surface area contributed by atoms with Crippen molar-refractivity contribution in [2.24, 2.45) is 0 Å². The summed E-state index contributed by atoms with van der Waals surface area (Å²) in [6, 6.07) is 3.87. The van der Waals surface area contributed by atoms with Gasteiger partial charge in [-0.15, -0.1) is 5.10 Å². The van der Waals surface area contributed by atoms with Gasteiger partial charge in [0.25, 0.3) is 0 Å². The van der Waals surface area contributed by atoms with Crippen LogP contribution >= 0.6 is 15.9 Å². The SMILES string of the molecule is O=C(O)CCCCc1cn(Cc2ccc(Br)cn2)nn1. The number of aliphatic carboxylic acids is 1. The van der Waals surface area contributed by atoms with Crippen LogP contribution in [0.2, 0.25) is 0 Å². The molecule has 0 radical (unpaired) electrons. The second-order valence-electron chi connectivity index (χ2n) is 4.48. The van der Waals surface area contributed by atoms with E-state index in [9.17, 15) is 4.79 Å². The molecular weight excluding hydrogens is 324 g/mol. The van der Waals surface area contributed by atoms with Crippen molar-refractivity contribution >= 4 is 21.9 Å². The molecule has 0 atom stereocenters. The first-order valence-corrected chi connectivity index (χ1v) is 7.14. The van der Waals surface area contributed by atoms with Crippen molar-refractivity contribution < 1.29 is 9.90 Å². The summed E-state index contributed by atoms with van der Waals surface area (Å²) in [5, 5.41) is 16.7. The average molecular weight is 339 g/mol. The molecule has 0 unspecified atom stereocenters. The van der Waals surface area contributed by atoms with Crippen LogP contribution in [-0.4, -0.2) is 31.1 Å². The topological polar surface area (TPSA) is 80.9 Å². The Hall–Kier alpha value is -1.76. The van der Waals surface area contributed by atoms with Gasteiger partial charge in [0.15, 0.2) is 0 Å². The summed E-state index contributed by atoms with van der Waals surface area (Å²) in [6.45, 7) is 0.579. The summed E-state index contributed by atoms with van der Waals surface area (Å²) in [6.07, 6.45) is 6.06.